The van der Waals surface area contributed by atoms with Crippen molar-refractivity contribution < 1.29 is 9.59 Å². The summed E-state index contributed by atoms with van der Waals surface area (Å²) in [4.78, 5) is 57.2. The van der Waals surface area contributed by atoms with Crippen LogP contribution in [0.3, 0.4) is 0 Å². The zero-order valence-electron chi connectivity index (χ0n) is 17.3. The molecule has 0 spiro atoms. The van der Waals surface area contributed by atoms with Gasteiger partial charge in [0.15, 0.2) is 5.65 Å². The van der Waals surface area contributed by atoms with Gasteiger partial charge >= 0.3 is 5.69 Å². The number of pyridine rings is 1. The highest BCUT2D eigenvalue weighted by Gasteiger charge is 2.29. The second-order valence-corrected chi connectivity index (χ2v) is 8.11. The fourth-order valence-electron chi connectivity index (χ4n) is 3.44. The van der Waals surface area contributed by atoms with Gasteiger partial charge < -0.3 is 0 Å². The number of hydrogen-bond acceptors (Lipinski definition) is 5. The number of aromatic amines is 1. The van der Waals surface area contributed by atoms with Crippen LogP contribution in [0.15, 0.2) is 46.0 Å². The van der Waals surface area contributed by atoms with Gasteiger partial charge in [0, 0.05) is 23.7 Å². The molecule has 4 rings (SSSR count). The quantitative estimate of drug-likeness (QED) is 0.541. The van der Waals surface area contributed by atoms with Crippen LogP contribution in [0.2, 0.25) is 0 Å². The lowest BCUT2D eigenvalue weighted by atomic mass is 10.1. The highest BCUT2D eigenvalue weighted by molar-refractivity contribution is 6.06. The summed E-state index contributed by atoms with van der Waals surface area (Å²) < 4.78 is 1.40. The third kappa shape index (κ3) is 4.25. The molecule has 1 aromatic carbocycles. The van der Waals surface area contributed by atoms with Gasteiger partial charge in [0.05, 0.1) is 10.9 Å². The van der Waals surface area contributed by atoms with E-state index in [1.807, 2.05) is 13.8 Å². The average Bonchev–Trinajstić information content (AvgIpc) is 3.59. The van der Waals surface area contributed by atoms with Crippen molar-refractivity contribution in [3.8, 4) is 0 Å². The molecule has 0 radical (unpaired) electrons. The van der Waals surface area contributed by atoms with E-state index in [4.69, 9.17) is 0 Å². The minimum absolute atomic E-state index is 0.0242. The first kappa shape index (κ1) is 20.5. The largest absolute Gasteiger partial charge is 0.330 e. The lowest BCUT2D eigenvalue weighted by Gasteiger charge is -2.15. The van der Waals surface area contributed by atoms with Crippen LogP contribution in [0, 0.1) is 5.92 Å². The fraction of sp³-hybridized carbons (Fsp3) is 0.318. The van der Waals surface area contributed by atoms with Crippen LogP contribution in [0.25, 0.3) is 11.0 Å². The molecule has 1 aliphatic carbocycles. The van der Waals surface area contributed by atoms with Gasteiger partial charge in [-0.3, -0.25) is 34.8 Å². The number of nitrogens with zero attached hydrogens (tertiary/aromatic N) is 2. The van der Waals surface area contributed by atoms with Gasteiger partial charge in [-0.25, -0.2) is 9.78 Å². The number of benzene rings is 1. The predicted molar refractivity (Wildman–Crippen MR) is 115 cm³/mol. The summed E-state index contributed by atoms with van der Waals surface area (Å²) in [7, 11) is 0. The summed E-state index contributed by atoms with van der Waals surface area (Å²) in [5, 5.41) is 0.0242. The second-order valence-electron chi connectivity index (χ2n) is 8.11. The third-order valence-electron chi connectivity index (χ3n) is 5.08. The van der Waals surface area contributed by atoms with E-state index in [1.54, 1.807) is 36.4 Å². The molecule has 2 aromatic heterocycles. The Morgan fingerprint density at radius 3 is 2.45 bits per heavy atom. The van der Waals surface area contributed by atoms with Gasteiger partial charge in [0.1, 0.15) is 0 Å². The Balaban J connectivity index is 1.75. The van der Waals surface area contributed by atoms with Crippen molar-refractivity contribution in [2.75, 3.05) is 0 Å². The number of hydrazine groups is 1. The second kappa shape index (κ2) is 8.17. The zero-order valence-corrected chi connectivity index (χ0v) is 17.3. The molecule has 1 aliphatic rings. The summed E-state index contributed by atoms with van der Waals surface area (Å²) in [6.45, 7) is 4.24. The first-order valence-corrected chi connectivity index (χ1v) is 10.2. The van der Waals surface area contributed by atoms with Gasteiger partial charge in [-0.1, -0.05) is 32.0 Å². The highest BCUT2D eigenvalue weighted by Crippen LogP contribution is 2.39. The van der Waals surface area contributed by atoms with Crippen molar-refractivity contribution in [2.24, 2.45) is 5.92 Å². The third-order valence-corrected chi connectivity index (χ3v) is 5.08. The van der Waals surface area contributed by atoms with Gasteiger partial charge in [-0.05, 0) is 37.0 Å². The Kier molecular flexibility index (Phi) is 5.41. The maximum atomic E-state index is 13.0. The summed E-state index contributed by atoms with van der Waals surface area (Å²) in [5.41, 5.74) is 4.79. The van der Waals surface area contributed by atoms with Gasteiger partial charge in [-0.15, -0.1) is 0 Å². The van der Waals surface area contributed by atoms with Crippen LogP contribution < -0.4 is 22.1 Å². The fourth-order valence-corrected chi connectivity index (χ4v) is 3.44. The number of aromatic nitrogens is 3. The summed E-state index contributed by atoms with van der Waals surface area (Å²) in [5.74, 6) is -0.823. The van der Waals surface area contributed by atoms with Crippen molar-refractivity contribution in [3.63, 3.8) is 0 Å². The lowest BCUT2D eigenvalue weighted by molar-refractivity contribution is 0.0847. The molecule has 2 heterocycles. The number of fused-ring (bicyclic) bond motifs is 1. The van der Waals surface area contributed by atoms with Gasteiger partial charge in [-0.2, -0.15) is 0 Å². The molecule has 0 atom stereocenters. The molecule has 0 saturated heterocycles. The van der Waals surface area contributed by atoms with E-state index in [1.165, 1.54) is 4.57 Å². The van der Waals surface area contributed by atoms with E-state index in [9.17, 15) is 19.2 Å². The molecular weight excluding hydrogens is 398 g/mol. The van der Waals surface area contributed by atoms with Gasteiger partial charge in [0.2, 0.25) is 0 Å². The number of H-pyrrole nitrogens is 1. The maximum absolute atomic E-state index is 13.0. The van der Waals surface area contributed by atoms with Crippen LogP contribution in [-0.2, 0) is 6.54 Å². The standard InChI is InChI=1S/C22H23N5O4/c1-12(2)11-27-18-17(21(30)24-22(27)31)15(10-16(23-18)13-8-9-13)20(29)26-25-19(28)14-6-4-3-5-7-14/h3-7,10,12-13H,8-9,11H2,1-2H3,(H,25,28)(H,26,29)(H,24,30,31). The predicted octanol–water partition coefficient (Wildman–Crippen LogP) is 1.69. The van der Waals surface area contributed by atoms with E-state index in [0.717, 1.165) is 12.8 Å². The maximum Gasteiger partial charge on any atom is 0.330 e. The number of rotatable bonds is 5. The van der Waals surface area contributed by atoms with E-state index < -0.39 is 23.1 Å². The first-order chi connectivity index (χ1) is 14.8. The summed E-state index contributed by atoms with van der Waals surface area (Å²) in [6.07, 6.45) is 1.86. The zero-order chi connectivity index (χ0) is 22.1. The SMILES string of the molecule is CC(C)Cn1c(=O)[nH]c(=O)c2c(C(=O)NNC(=O)c3ccccc3)cc(C3CC3)nc21. The van der Waals surface area contributed by atoms with E-state index in [-0.39, 0.29) is 28.4 Å². The molecule has 3 N–H and O–H groups in total. The molecule has 2 amide bonds. The molecule has 0 bridgehead atoms. The molecule has 1 fully saturated rings. The normalized spacial score (nSPS) is 13.4. The van der Waals surface area contributed by atoms with Crippen LogP contribution in [0.1, 0.15) is 59.0 Å². The van der Waals surface area contributed by atoms with E-state index in [0.29, 0.717) is 17.8 Å². The van der Waals surface area contributed by atoms with Crippen molar-refractivity contribution in [2.45, 2.75) is 39.2 Å². The monoisotopic (exact) mass is 421 g/mol. The molecular formula is C22H23N5O4. The molecule has 9 heteroatoms. The molecule has 9 nitrogen and oxygen atoms in total. The van der Waals surface area contributed by atoms with Crippen molar-refractivity contribution in [1.29, 1.82) is 0 Å². The minimum Gasteiger partial charge on any atom is -0.277 e. The molecule has 0 unspecified atom stereocenters. The number of hydrogen-bond donors (Lipinski definition) is 3. The van der Waals surface area contributed by atoms with Crippen molar-refractivity contribution in [3.05, 3.63) is 74.1 Å². The summed E-state index contributed by atoms with van der Waals surface area (Å²) >= 11 is 0. The lowest BCUT2D eigenvalue weighted by Crippen LogP contribution is -2.42. The molecule has 3 aromatic rings. The van der Waals surface area contributed by atoms with Gasteiger partial charge in [0.25, 0.3) is 17.4 Å². The topological polar surface area (TPSA) is 126 Å². The van der Waals surface area contributed by atoms with Crippen LogP contribution in [-0.4, -0.2) is 26.3 Å². The Bertz CT molecular complexity index is 1270. The first-order valence-electron chi connectivity index (χ1n) is 10.2. The van der Waals surface area contributed by atoms with E-state index >= 15 is 0 Å². The molecule has 160 valence electrons. The Morgan fingerprint density at radius 2 is 1.81 bits per heavy atom. The van der Waals surface area contributed by atoms with Crippen LogP contribution in [0.4, 0.5) is 0 Å². The minimum atomic E-state index is -0.686. The van der Waals surface area contributed by atoms with Crippen molar-refractivity contribution >= 4 is 22.8 Å². The molecule has 1 saturated carbocycles. The number of nitrogens with one attached hydrogen (secondary N) is 3. The highest BCUT2D eigenvalue weighted by atomic mass is 16.2. The average molecular weight is 421 g/mol. The molecule has 0 aliphatic heterocycles. The molecule has 31 heavy (non-hydrogen) atoms. The van der Waals surface area contributed by atoms with Crippen LogP contribution >= 0.6 is 0 Å². The smallest absolute Gasteiger partial charge is 0.277 e. The number of carbonyl (C=O) groups excluding carboxylic acids is 2. The Morgan fingerprint density at radius 1 is 1.13 bits per heavy atom. The number of carbonyl (C=O) groups is 2. The summed E-state index contributed by atoms with van der Waals surface area (Å²) in [6, 6.07) is 10.0. The number of amides is 2. The Labute approximate surface area is 177 Å². The van der Waals surface area contributed by atoms with E-state index in [2.05, 4.69) is 20.8 Å². The van der Waals surface area contributed by atoms with Crippen molar-refractivity contribution in [1.82, 2.24) is 25.4 Å². The van der Waals surface area contributed by atoms with Crippen LogP contribution in [0.5, 0.6) is 0 Å². The Hall–Kier alpha value is -3.75.